The van der Waals surface area contributed by atoms with Crippen molar-refractivity contribution in [2.45, 2.75) is 38.8 Å². The second-order valence-corrected chi connectivity index (χ2v) is 7.35. The normalized spacial score (nSPS) is 16.4. The molecule has 0 radical (unpaired) electrons. The third kappa shape index (κ3) is 4.08. The number of rotatable bonds is 4. The number of hydrogen-bond donors (Lipinski definition) is 0. The van der Waals surface area contributed by atoms with Gasteiger partial charge in [0.25, 0.3) is 0 Å². The number of hydrogen-bond acceptors (Lipinski definition) is 4. The Kier molecular flexibility index (Phi) is 6.71. The van der Waals surface area contributed by atoms with Crippen LogP contribution in [0.25, 0.3) is 22.0 Å². The van der Waals surface area contributed by atoms with E-state index in [9.17, 15) is 4.39 Å². The van der Waals surface area contributed by atoms with Crippen LogP contribution in [0.3, 0.4) is 0 Å². The van der Waals surface area contributed by atoms with Gasteiger partial charge in [0.1, 0.15) is 12.0 Å². The van der Waals surface area contributed by atoms with Crippen molar-refractivity contribution in [3.8, 4) is 11.3 Å². The van der Waals surface area contributed by atoms with Gasteiger partial charge in [-0.2, -0.15) is 0 Å². The van der Waals surface area contributed by atoms with E-state index in [1.165, 1.54) is 6.07 Å². The van der Waals surface area contributed by atoms with Gasteiger partial charge in [-0.1, -0.05) is 38.1 Å². The van der Waals surface area contributed by atoms with Crippen LogP contribution in [0.15, 0.2) is 42.5 Å². The SMILES string of the molecule is CC(C)c1cc(-c2ccc(F)c3ccccc23)nc(N(C)C2CCCO2)n1.[NaH]. The van der Waals surface area contributed by atoms with Crippen molar-refractivity contribution in [1.82, 2.24) is 9.97 Å². The predicted octanol–water partition coefficient (Wildman–Crippen LogP) is 4.48. The number of fused-ring (bicyclic) bond motifs is 1. The average molecular weight is 389 g/mol. The van der Waals surface area contributed by atoms with Gasteiger partial charge in [0, 0.05) is 30.3 Å². The van der Waals surface area contributed by atoms with Crippen molar-refractivity contribution in [1.29, 1.82) is 0 Å². The van der Waals surface area contributed by atoms with E-state index in [2.05, 4.69) is 13.8 Å². The zero-order valence-electron chi connectivity index (χ0n) is 15.9. The third-order valence-corrected chi connectivity index (χ3v) is 5.13. The number of ether oxygens (including phenoxy) is 1. The molecule has 2 aromatic carbocycles. The zero-order chi connectivity index (χ0) is 19.0. The first-order chi connectivity index (χ1) is 13.0. The number of aromatic nitrogens is 2. The number of nitrogens with zero attached hydrogens (tertiary/aromatic N) is 3. The van der Waals surface area contributed by atoms with Crippen LogP contribution in [0.4, 0.5) is 10.3 Å². The van der Waals surface area contributed by atoms with E-state index in [0.29, 0.717) is 11.3 Å². The molecule has 0 saturated carbocycles. The summed E-state index contributed by atoms with van der Waals surface area (Å²) in [7, 11) is 1.97. The molecule has 1 unspecified atom stereocenters. The standard InChI is InChI=1S/C22H24FN3O.Na.H/c1-14(2)19-13-20(25-22(24-19)26(3)21-9-6-12-27-21)17-10-11-18(23)16-8-5-4-7-15(16)17;;/h4-5,7-8,10-11,13-14,21H,6,9,12H2,1-3H3;;. The summed E-state index contributed by atoms with van der Waals surface area (Å²) >= 11 is 0. The van der Waals surface area contributed by atoms with Crippen molar-refractivity contribution in [3.63, 3.8) is 0 Å². The number of halogens is 1. The molecule has 0 amide bonds. The molecule has 1 aromatic heterocycles. The monoisotopic (exact) mass is 389 g/mol. The molecule has 2 heterocycles. The summed E-state index contributed by atoms with van der Waals surface area (Å²) in [4.78, 5) is 11.6. The van der Waals surface area contributed by atoms with E-state index in [4.69, 9.17) is 14.7 Å². The third-order valence-electron chi connectivity index (χ3n) is 5.13. The molecular weight excluding hydrogens is 364 g/mol. The predicted molar refractivity (Wildman–Crippen MR) is 114 cm³/mol. The average Bonchev–Trinajstić information content (AvgIpc) is 3.22. The number of benzene rings is 2. The summed E-state index contributed by atoms with van der Waals surface area (Å²) in [6.45, 7) is 5.00. The summed E-state index contributed by atoms with van der Waals surface area (Å²) in [5, 5.41) is 1.46. The molecule has 142 valence electrons. The first kappa shape index (κ1) is 21.2. The molecule has 1 saturated heterocycles. The van der Waals surface area contributed by atoms with E-state index < -0.39 is 0 Å². The molecule has 3 aromatic rings. The topological polar surface area (TPSA) is 38.2 Å². The van der Waals surface area contributed by atoms with Crippen LogP contribution < -0.4 is 4.90 Å². The van der Waals surface area contributed by atoms with Crippen LogP contribution in [0, 0.1) is 5.82 Å². The molecule has 0 N–H and O–H groups in total. The summed E-state index contributed by atoms with van der Waals surface area (Å²) < 4.78 is 20.0. The van der Waals surface area contributed by atoms with Crippen LogP contribution in [-0.4, -0.2) is 59.4 Å². The van der Waals surface area contributed by atoms with Crippen LogP contribution in [0.2, 0.25) is 0 Å². The summed E-state index contributed by atoms with van der Waals surface area (Å²) in [6.07, 6.45) is 2.03. The molecule has 0 spiro atoms. The van der Waals surface area contributed by atoms with Gasteiger partial charge in [-0.25, -0.2) is 14.4 Å². The second kappa shape index (κ2) is 8.87. The van der Waals surface area contributed by atoms with E-state index >= 15 is 0 Å². The number of anilines is 1. The molecule has 0 aliphatic carbocycles. The van der Waals surface area contributed by atoms with E-state index in [1.807, 2.05) is 36.2 Å². The Morgan fingerprint density at radius 1 is 1.11 bits per heavy atom. The van der Waals surface area contributed by atoms with Crippen LogP contribution in [0.5, 0.6) is 0 Å². The Bertz CT molecular complexity index is 973. The van der Waals surface area contributed by atoms with Crippen molar-refractivity contribution >= 4 is 46.3 Å². The second-order valence-electron chi connectivity index (χ2n) is 7.35. The summed E-state index contributed by atoms with van der Waals surface area (Å²) in [6, 6.07) is 12.8. The van der Waals surface area contributed by atoms with Crippen LogP contribution >= 0.6 is 0 Å². The Labute approximate surface area is 187 Å². The molecule has 6 heteroatoms. The maximum atomic E-state index is 14.2. The van der Waals surface area contributed by atoms with Gasteiger partial charge in [-0.05, 0) is 42.3 Å². The Balaban J connectivity index is 0.00000225. The fraction of sp³-hybridized carbons (Fsp3) is 0.364. The van der Waals surface area contributed by atoms with E-state index in [1.54, 1.807) is 12.1 Å². The molecule has 1 aliphatic rings. The molecule has 1 fully saturated rings. The van der Waals surface area contributed by atoms with Gasteiger partial charge in [0.15, 0.2) is 0 Å². The van der Waals surface area contributed by atoms with E-state index in [-0.39, 0.29) is 47.5 Å². The Morgan fingerprint density at radius 3 is 2.54 bits per heavy atom. The first-order valence-corrected chi connectivity index (χ1v) is 9.45. The molecular formula is C22H25FN3NaO. The molecule has 4 nitrogen and oxygen atoms in total. The minimum atomic E-state index is -0.218. The van der Waals surface area contributed by atoms with Crippen molar-refractivity contribution in [2.24, 2.45) is 0 Å². The van der Waals surface area contributed by atoms with E-state index in [0.717, 1.165) is 41.8 Å². The minimum absolute atomic E-state index is 0. The maximum absolute atomic E-state index is 14.2. The van der Waals surface area contributed by atoms with Gasteiger partial charge in [-0.15, -0.1) is 0 Å². The zero-order valence-corrected chi connectivity index (χ0v) is 15.9. The fourth-order valence-corrected chi connectivity index (χ4v) is 3.52. The quantitative estimate of drug-likeness (QED) is 0.617. The van der Waals surface area contributed by atoms with Crippen LogP contribution in [-0.2, 0) is 4.74 Å². The summed E-state index contributed by atoms with van der Waals surface area (Å²) in [5.74, 6) is 0.691. The Hall–Kier alpha value is -1.53. The summed E-state index contributed by atoms with van der Waals surface area (Å²) in [5.41, 5.74) is 2.69. The van der Waals surface area contributed by atoms with Crippen molar-refractivity contribution in [3.05, 3.63) is 54.0 Å². The molecule has 1 aliphatic heterocycles. The molecule has 0 bridgehead atoms. The van der Waals surface area contributed by atoms with Gasteiger partial charge in [0.05, 0.1) is 5.69 Å². The van der Waals surface area contributed by atoms with Gasteiger partial charge < -0.3 is 9.64 Å². The van der Waals surface area contributed by atoms with Crippen molar-refractivity contribution in [2.75, 3.05) is 18.6 Å². The molecule has 4 rings (SSSR count). The molecule has 1 atom stereocenters. The van der Waals surface area contributed by atoms with Crippen molar-refractivity contribution < 1.29 is 9.13 Å². The Morgan fingerprint density at radius 2 is 1.86 bits per heavy atom. The fourth-order valence-electron chi connectivity index (χ4n) is 3.52. The van der Waals surface area contributed by atoms with Gasteiger partial charge >= 0.3 is 29.6 Å². The van der Waals surface area contributed by atoms with Gasteiger partial charge in [0.2, 0.25) is 5.95 Å². The van der Waals surface area contributed by atoms with Gasteiger partial charge in [-0.3, -0.25) is 0 Å². The molecule has 28 heavy (non-hydrogen) atoms. The van der Waals surface area contributed by atoms with Crippen LogP contribution in [0.1, 0.15) is 38.3 Å². The first-order valence-electron chi connectivity index (χ1n) is 9.45.